The summed E-state index contributed by atoms with van der Waals surface area (Å²) < 4.78 is 5.52. The van der Waals surface area contributed by atoms with E-state index in [1.165, 1.54) is 5.56 Å². The standard InChI is InChI=1S/C15H20N2O2/c1-11-10-17(14-7-3-2-6-13(11)14)15(18)16-9-12-5-4-8-19-12/h2-3,6-7,11-12H,4-5,8-10H2,1H3,(H,16,18). The highest BCUT2D eigenvalue weighted by Crippen LogP contribution is 2.35. The average molecular weight is 260 g/mol. The molecule has 4 nitrogen and oxygen atoms in total. The van der Waals surface area contributed by atoms with E-state index in [0.717, 1.165) is 31.7 Å². The highest BCUT2D eigenvalue weighted by Gasteiger charge is 2.29. The fourth-order valence-corrected chi connectivity index (χ4v) is 2.91. The fourth-order valence-electron chi connectivity index (χ4n) is 2.91. The van der Waals surface area contributed by atoms with Crippen LogP contribution in [0, 0.1) is 0 Å². The van der Waals surface area contributed by atoms with Crippen LogP contribution >= 0.6 is 0 Å². The zero-order valence-electron chi connectivity index (χ0n) is 11.3. The molecule has 0 radical (unpaired) electrons. The molecule has 0 spiro atoms. The summed E-state index contributed by atoms with van der Waals surface area (Å²) >= 11 is 0. The minimum atomic E-state index is -0.00713. The van der Waals surface area contributed by atoms with E-state index in [4.69, 9.17) is 4.74 Å². The number of ether oxygens (including phenoxy) is 1. The molecule has 2 aliphatic rings. The summed E-state index contributed by atoms with van der Waals surface area (Å²) in [6.45, 7) is 4.36. The Bertz CT molecular complexity index is 469. The molecule has 0 aliphatic carbocycles. The van der Waals surface area contributed by atoms with Crippen molar-refractivity contribution in [2.24, 2.45) is 0 Å². The van der Waals surface area contributed by atoms with Crippen molar-refractivity contribution in [1.29, 1.82) is 0 Å². The number of urea groups is 1. The zero-order valence-corrected chi connectivity index (χ0v) is 11.3. The topological polar surface area (TPSA) is 41.6 Å². The van der Waals surface area contributed by atoms with Crippen LogP contribution in [0.2, 0.25) is 0 Å². The Morgan fingerprint density at radius 3 is 3.11 bits per heavy atom. The monoisotopic (exact) mass is 260 g/mol. The summed E-state index contributed by atoms with van der Waals surface area (Å²) in [6.07, 6.45) is 2.34. The number of nitrogens with one attached hydrogen (secondary N) is 1. The number of carbonyl (C=O) groups excluding carboxylic acids is 1. The van der Waals surface area contributed by atoms with Crippen LogP contribution in [0.15, 0.2) is 24.3 Å². The maximum Gasteiger partial charge on any atom is 0.321 e. The molecule has 1 aromatic carbocycles. The van der Waals surface area contributed by atoms with Crippen LogP contribution in [0.1, 0.15) is 31.2 Å². The number of hydrogen-bond acceptors (Lipinski definition) is 2. The van der Waals surface area contributed by atoms with Crippen molar-refractivity contribution < 1.29 is 9.53 Å². The van der Waals surface area contributed by atoms with Crippen molar-refractivity contribution in [2.45, 2.75) is 31.8 Å². The third-order valence-corrected chi connectivity index (χ3v) is 3.97. The first-order valence-electron chi connectivity index (χ1n) is 7.01. The van der Waals surface area contributed by atoms with Crippen LogP contribution in [0.25, 0.3) is 0 Å². The fraction of sp³-hybridized carbons (Fsp3) is 0.533. The molecule has 0 aromatic heterocycles. The van der Waals surface area contributed by atoms with E-state index in [2.05, 4.69) is 18.3 Å². The molecule has 1 N–H and O–H groups in total. The van der Waals surface area contributed by atoms with Gasteiger partial charge in [0.1, 0.15) is 0 Å². The van der Waals surface area contributed by atoms with Crippen molar-refractivity contribution in [2.75, 3.05) is 24.6 Å². The molecule has 4 heteroatoms. The van der Waals surface area contributed by atoms with E-state index >= 15 is 0 Å². The lowest BCUT2D eigenvalue weighted by molar-refractivity contribution is 0.111. The second kappa shape index (κ2) is 5.21. The first-order valence-corrected chi connectivity index (χ1v) is 7.01. The van der Waals surface area contributed by atoms with Gasteiger partial charge >= 0.3 is 6.03 Å². The number of rotatable bonds is 2. The first kappa shape index (κ1) is 12.5. The van der Waals surface area contributed by atoms with Crippen LogP contribution in [-0.4, -0.2) is 31.8 Å². The summed E-state index contributed by atoms with van der Waals surface area (Å²) in [5.74, 6) is 0.407. The van der Waals surface area contributed by atoms with E-state index in [1.54, 1.807) is 0 Å². The van der Waals surface area contributed by atoms with E-state index in [9.17, 15) is 4.79 Å². The summed E-state index contributed by atoms with van der Waals surface area (Å²) in [5.41, 5.74) is 2.30. The van der Waals surface area contributed by atoms with Crippen LogP contribution < -0.4 is 10.2 Å². The lowest BCUT2D eigenvalue weighted by Crippen LogP contribution is -2.42. The van der Waals surface area contributed by atoms with Crippen LogP contribution in [0.4, 0.5) is 10.5 Å². The molecule has 2 amide bonds. The van der Waals surface area contributed by atoms with Gasteiger partial charge in [-0.1, -0.05) is 25.1 Å². The second-order valence-corrected chi connectivity index (χ2v) is 5.39. The predicted molar refractivity (Wildman–Crippen MR) is 74.6 cm³/mol. The van der Waals surface area contributed by atoms with Crippen LogP contribution in [-0.2, 0) is 4.74 Å². The van der Waals surface area contributed by atoms with Gasteiger partial charge in [0.05, 0.1) is 6.10 Å². The molecular weight excluding hydrogens is 240 g/mol. The molecule has 0 bridgehead atoms. The van der Waals surface area contributed by atoms with Gasteiger partial charge in [-0.3, -0.25) is 4.90 Å². The summed E-state index contributed by atoms with van der Waals surface area (Å²) in [5, 5.41) is 2.99. The number of benzene rings is 1. The lowest BCUT2D eigenvalue weighted by atomic mass is 10.0. The Kier molecular flexibility index (Phi) is 3.42. The quantitative estimate of drug-likeness (QED) is 0.887. The smallest absolute Gasteiger partial charge is 0.321 e. The van der Waals surface area contributed by atoms with Gasteiger partial charge < -0.3 is 10.1 Å². The normalized spacial score (nSPS) is 25.4. The minimum absolute atomic E-state index is 0.00713. The highest BCUT2D eigenvalue weighted by molar-refractivity contribution is 5.94. The van der Waals surface area contributed by atoms with Crippen molar-refractivity contribution in [1.82, 2.24) is 5.32 Å². The Labute approximate surface area is 113 Å². The Balaban J connectivity index is 1.64. The summed E-state index contributed by atoms with van der Waals surface area (Å²) in [7, 11) is 0. The number of carbonyl (C=O) groups is 1. The highest BCUT2D eigenvalue weighted by atomic mass is 16.5. The van der Waals surface area contributed by atoms with Crippen molar-refractivity contribution in [3.8, 4) is 0 Å². The average Bonchev–Trinajstić information content (AvgIpc) is 3.05. The number of amides is 2. The van der Waals surface area contributed by atoms with E-state index < -0.39 is 0 Å². The molecule has 0 saturated carbocycles. The van der Waals surface area contributed by atoms with Gasteiger partial charge in [-0.2, -0.15) is 0 Å². The van der Waals surface area contributed by atoms with Crippen LogP contribution in [0.5, 0.6) is 0 Å². The molecule has 2 heterocycles. The Morgan fingerprint density at radius 1 is 1.47 bits per heavy atom. The van der Waals surface area contributed by atoms with Gasteiger partial charge in [0.2, 0.25) is 0 Å². The number of anilines is 1. The Morgan fingerprint density at radius 2 is 2.32 bits per heavy atom. The predicted octanol–water partition coefficient (Wildman–Crippen LogP) is 2.50. The Hall–Kier alpha value is -1.55. The molecule has 3 rings (SSSR count). The molecule has 1 saturated heterocycles. The molecular formula is C15H20N2O2. The molecule has 1 fully saturated rings. The second-order valence-electron chi connectivity index (χ2n) is 5.39. The van der Waals surface area contributed by atoms with Gasteiger partial charge in [-0.25, -0.2) is 4.79 Å². The van der Waals surface area contributed by atoms with Gasteiger partial charge in [0, 0.05) is 31.3 Å². The van der Waals surface area contributed by atoms with E-state index in [1.807, 2.05) is 23.1 Å². The number of nitrogens with zero attached hydrogens (tertiary/aromatic N) is 1. The molecule has 2 unspecified atom stereocenters. The number of fused-ring (bicyclic) bond motifs is 1. The third-order valence-electron chi connectivity index (χ3n) is 3.97. The maximum absolute atomic E-state index is 12.3. The van der Waals surface area contributed by atoms with Crippen molar-refractivity contribution in [3.63, 3.8) is 0 Å². The number of para-hydroxylation sites is 1. The number of hydrogen-bond donors (Lipinski definition) is 1. The minimum Gasteiger partial charge on any atom is -0.376 e. The van der Waals surface area contributed by atoms with E-state index in [-0.39, 0.29) is 12.1 Å². The van der Waals surface area contributed by atoms with Crippen molar-refractivity contribution in [3.05, 3.63) is 29.8 Å². The van der Waals surface area contributed by atoms with E-state index in [0.29, 0.717) is 12.5 Å². The zero-order chi connectivity index (χ0) is 13.2. The van der Waals surface area contributed by atoms with Gasteiger partial charge in [0.25, 0.3) is 0 Å². The largest absolute Gasteiger partial charge is 0.376 e. The first-order chi connectivity index (χ1) is 9.25. The molecule has 102 valence electrons. The molecule has 1 aromatic rings. The van der Waals surface area contributed by atoms with Crippen molar-refractivity contribution >= 4 is 11.7 Å². The summed E-state index contributed by atoms with van der Waals surface area (Å²) in [4.78, 5) is 14.1. The van der Waals surface area contributed by atoms with Gasteiger partial charge in [-0.15, -0.1) is 0 Å². The molecule has 19 heavy (non-hydrogen) atoms. The lowest BCUT2D eigenvalue weighted by Gasteiger charge is -2.19. The summed E-state index contributed by atoms with van der Waals surface area (Å²) in [6, 6.07) is 8.13. The van der Waals surface area contributed by atoms with Gasteiger partial charge in [-0.05, 0) is 24.5 Å². The van der Waals surface area contributed by atoms with Crippen LogP contribution in [0.3, 0.4) is 0 Å². The molecule has 2 aliphatic heterocycles. The third kappa shape index (κ3) is 2.45. The van der Waals surface area contributed by atoms with Gasteiger partial charge in [0.15, 0.2) is 0 Å². The SMILES string of the molecule is CC1CN(C(=O)NCC2CCCO2)c2ccccc21. The molecule has 2 atom stereocenters. The maximum atomic E-state index is 12.3.